The molecule has 0 saturated carbocycles. The number of aryl methyl sites for hydroxylation is 1. The van der Waals surface area contributed by atoms with Crippen LogP contribution in [0.25, 0.3) is 0 Å². The molecule has 0 aliphatic carbocycles. The number of rotatable bonds is 2. The van der Waals surface area contributed by atoms with Gasteiger partial charge >= 0.3 is 0 Å². The highest BCUT2D eigenvalue weighted by Crippen LogP contribution is 2.29. The molecule has 0 aromatic heterocycles. The second kappa shape index (κ2) is 4.81. The third-order valence-corrected chi connectivity index (χ3v) is 3.69. The number of nitrogens with zero attached hydrogens (tertiary/aromatic N) is 1. The maximum Gasteiger partial charge on any atom is 0.119 e. The molecule has 100 valence electrons. The van der Waals surface area contributed by atoms with Gasteiger partial charge in [0, 0.05) is 30.4 Å². The molecular weight excluding hydrogens is 224 g/mol. The first-order chi connectivity index (χ1) is 8.43. The Kier molecular flexibility index (Phi) is 3.53. The first kappa shape index (κ1) is 13.2. The molecule has 1 aromatic carbocycles. The summed E-state index contributed by atoms with van der Waals surface area (Å²) in [5.41, 5.74) is 2.76. The van der Waals surface area contributed by atoms with E-state index in [0.29, 0.717) is 6.04 Å². The van der Waals surface area contributed by atoms with Crippen LogP contribution in [0, 0.1) is 6.92 Å². The molecule has 1 unspecified atom stereocenters. The lowest BCUT2D eigenvalue weighted by molar-refractivity contribution is 0.318. The summed E-state index contributed by atoms with van der Waals surface area (Å²) < 4.78 is 5.27. The van der Waals surface area contributed by atoms with E-state index in [9.17, 15) is 0 Å². The van der Waals surface area contributed by atoms with Crippen LogP contribution in [0.15, 0.2) is 18.2 Å². The maximum absolute atomic E-state index is 5.27. The lowest BCUT2D eigenvalue weighted by atomic mass is 9.97. The fourth-order valence-corrected chi connectivity index (χ4v) is 2.57. The van der Waals surface area contributed by atoms with Gasteiger partial charge in [0.2, 0.25) is 0 Å². The topological polar surface area (TPSA) is 24.5 Å². The second-order valence-electron chi connectivity index (χ2n) is 5.89. The SMILES string of the molecule is COc1ccc(N2CC(C)(C)NCC2C)c(C)c1. The van der Waals surface area contributed by atoms with E-state index in [1.54, 1.807) is 7.11 Å². The molecule has 0 bridgehead atoms. The van der Waals surface area contributed by atoms with Crippen LogP contribution in [0.2, 0.25) is 0 Å². The van der Waals surface area contributed by atoms with Gasteiger partial charge in [-0.2, -0.15) is 0 Å². The third-order valence-electron chi connectivity index (χ3n) is 3.69. The van der Waals surface area contributed by atoms with Crippen molar-refractivity contribution in [3.8, 4) is 5.75 Å². The molecule has 1 aliphatic heterocycles. The predicted molar refractivity (Wildman–Crippen MR) is 76.6 cm³/mol. The summed E-state index contributed by atoms with van der Waals surface area (Å²) in [7, 11) is 1.71. The highest BCUT2D eigenvalue weighted by Gasteiger charge is 2.30. The standard InChI is InChI=1S/C15H24N2O/c1-11-8-13(18-5)6-7-14(11)17-10-15(3,4)16-9-12(17)2/h6-8,12,16H,9-10H2,1-5H3. The zero-order chi connectivity index (χ0) is 13.3. The van der Waals surface area contributed by atoms with Crippen molar-refractivity contribution >= 4 is 5.69 Å². The van der Waals surface area contributed by atoms with Crippen LogP contribution in [-0.4, -0.2) is 31.8 Å². The van der Waals surface area contributed by atoms with Crippen molar-refractivity contribution in [3.05, 3.63) is 23.8 Å². The van der Waals surface area contributed by atoms with Crippen LogP contribution in [0.5, 0.6) is 5.75 Å². The minimum atomic E-state index is 0.166. The van der Waals surface area contributed by atoms with Crippen molar-refractivity contribution < 1.29 is 4.74 Å². The number of methoxy groups -OCH3 is 1. The molecule has 3 nitrogen and oxygen atoms in total. The maximum atomic E-state index is 5.27. The van der Waals surface area contributed by atoms with E-state index in [2.05, 4.69) is 50.0 Å². The number of anilines is 1. The van der Waals surface area contributed by atoms with E-state index in [1.165, 1.54) is 11.3 Å². The minimum absolute atomic E-state index is 0.166. The van der Waals surface area contributed by atoms with Crippen LogP contribution >= 0.6 is 0 Å². The molecule has 1 atom stereocenters. The Labute approximate surface area is 110 Å². The summed E-state index contributed by atoms with van der Waals surface area (Å²) >= 11 is 0. The van der Waals surface area contributed by atoms with Crippen molar-refractivity contribution in [3.63, 3.8) is 0 Å². The number of ether oxygens (including phenoxy) is 1. The average Bonchev–Trinajstić information content (AvgIpc) is 2.32. The van der Waals surface area contributed by atoms with Crippen molar-refractivity contribution in [1.29, 1.82) is 0 Å². The fourth-order valence-electron chi connectivity index (χ4n) is 2.57. The smallest absolute Gasteiger partial charge is 0.119 e. The lowest BCUT2D eigenvalue weighted by Crippen LogP contribution is -2.61. The molecule has 1 heterocycles. The number of nitrogens with one attached hydrogen (secondary N) is 1. The van der Waals surface area contributed by atoms with E-state index >= 15 is 0 Å². The normalized spacial score (nSPS) is 22.9. The van der Waals surface area contributed by atoms with E-state index in [-0.39, 0.29) is 5.54 Å². The van der Waals surface area contributed by atoms with Gasteiger partial charge in [-0.25, -0.2) is 0 Å². The van der Waals surface area contributed by atoms with Crippen LogP contribution in [0.3, 0.4) is 0 Å². The van der Waals surface area contributed by atoms with Crippen molar-refractivity contribution in [2.45, 2.75) is 39.3 Å². The Morgan fingerprint density at radius 3 is 2.72 bits per heavy atom. The second-order valence-corrected chi connectivity index (χ2v) is 5.89. The van der Waals surface area contributed by atoms with Crippen LogP contribution < -0.4 is 15.0 Å². The molecule has 1 aromatic rings. The average molecular weight is 248 g/mol. The summed E-state index contributed by atoms with van der Waals surface area (Å²) in [5.74, 6) is 0.929. The van der Waals surface area contributed by atoms with Gasteiger partial charge in [0.15, 0.2) is 0 Å². The first-order valence-corrected chi connectivity index (χ1v) is 6.59. The Bertz CT molecular complexity index is 429. The molecule has 1 aliphatic rings. The molecule has 1 N–H and O–H groups in total. The van der Waals surface area contributed by atoms with Crippen molar-refractivity contribution in [2.24, 2.45) is 0 Å². The van der Waals surface area contributed by atoms with Gasteiger partial charge in [-0.1, -0.05) is 0 Å². The third kappa shape index (κ3) is 2.61. The highest BCUT2D eigenvalue weighted by molar-refractivity contribution is 5.57. The monoisotopic (exact) mass is 248 g/mol. The predicted octanol–water partition coefficient (Wildman–Crippen LogP) is 2.58. The zero-order valence-electron chi connectivity index (χ0n) is 12.1. The zero-order valence-corrected chi connectivity index (χ0v) is 12.1. The summed E-state index contributed by atoms with van der Waals surface area (Å²) in [5, 5.41) is 3.58. The van der Waals surface area contributed by atoms with Gasteiger partial charge in [-0.3, -0.25) is 0 Å². The molecule has 1 fully saturated rings. The molecule has 18 heavy (non-hydrogen) atoms. The summed E-state index contributed by atoms with van der Waals surface area (Å²) in [4.78, 5) is 2.49. The van der Waals surface area contributed by atoms with Gasteiger partial charge in [0.1, 0.15) is 5.75 Å². The van der Waals surface area contributed by atoms with Gasteiger partial charge < -0.3 is 15.0 Å². The number of hydrogen-bond donors (Lipinski definition) is 1. The molecule has 1 saturated heterocycles. The molecule has 0 spiro atoms. The molecule has 3 heteroatoms. The molecule has 0 amide bonds. The van der Waals surface area contributed by atoms with E-state index in [1.807, 2.05) is 6.07 Å². The lowest BCUT2D eigenvalue weighted by Gasteiger charge is -2.45. The Morgan fingerprint density at radius 2 is 2.11 bits per heavy atom. The summed E-state index contributed by atoms with van der Waals surface area (Å²) in [6.07, 6.45) is 0. The highest BCUT2D eigenvalue weighted by atomic mass is 16.5. The number of hydrogen-bond acceptors (Lipinski definition) is 3. The minimum Gasteiger partial charge on any atom is -0.497 e. The summed E-state index contributed by atoms with van der Waals surface area (Å²) in [6, 6.07) is 6.85. The quantitative estimate of drug-likeness (QED) is 0.870. The van der Waals surface area contributed by atoms with Crippen LogP contribution in [-0.2, 0) is 0 Å². The van der Waals surface area contributed by atoms with E-state index in [0.717, 1.165) is 18.8 Å². The molecular formula is C15H24N2O. The Morgan fingerprint density at radius 1 is 1.39 bits per heavy atom. The number of benzene rings is 1. The summed E-state index contributed by atoms with van der Waals surface area (Å²) in [6.45, 7) is 11.0. The van der Waals surface area contributed by atoms with Crippen LogP contribution in [0.4, 0.5) is 5.69 Å². The Balaban J connectivity index is 2.29. The van der Waals surface area contributed by atoms with Gasteiger partial charge in [-0.05, 0) is 51.5 Å². The van der Waals surface area contributed by atoms with Crippen LogP contribution in [0.1, 0.15) is 26.3 Å². The number of piperazine rings is 1. The van der Waals surface area contributed by atoms with E-state index in [4.69, 9.17) is 4.74 Å². The largest absolute Gasteiger partial charge is 0.497 e. The first-order valence-electron chi connectivity index (χ1n) is 6.59. The van der Waals surface area contributed by atoms with Gasteiger partial charge in [0.05, 0.1) is 7.11 Å². The van der Waals surface area contributed by atoms with Gasteiger partial charge in [-0.15, -0.1) is 0 Å². The van der Waals surface area contributed by atoms with Crippen molar-refractivity contribution in [1.82, 2.24) is 5.32 Å². The van der Waals surface area contributed by atoms with Gasteiger partial charge in [0.25, 0.3) is 0 Å². The molecule has 2 rings (SSSR count). The Hall–Kier alpha value is -1.22. The van der Waals surface area contributed by atoms with E-state index < -0.39 is 0 Å². The fraction of sp³-hybridized carbons (Fsp3) is 0.600. The van der Waals surface area contributed by atoms with Crippen molar-refractivity contribution in [2.75, 3.05) is 25.1 Å². The molecule has 0 radical (unpaired) electrons.